The highest BCUT2D eigenvalue weighted by atomic mass is 16.5. The third-order valence-electron chi connectivity index (χ3n) is 4.52. The lowest BCUT2D eigenvalue weighted by atomic mass is 9.83. The van der Waals surface area contributed by atoms with Crippen LogP contribution < -0.4 is 5.32 Å². The molecular formula is C16H31NO. The molecule has 2 fully saturated rings. The van der Waals surface area contributed by atoms with Gasteiger partial charge in [-0.15, -0.1) is 0 Å². The average Bonchev–Trinajstić information content (AvgIpc) is 3.18. The van der Waals surface area contributed by atoms with Crippen LogP contribution in [0.3, 0.4) is 0 Å². The van der Waals surface area contributed by atoms with E-state index in [1.54, 1.807) is 0 Å². The van der Waals surface area contributed by atoms with Crippen molar-refractivity contribution in [3.63, 3.8) is 0 Å². The van der Waals surface area contributed by atoms with Crippen LogP contribution in [0.15, 0.2) is 0 Å². The summed E-state index contributed by atoms with van der Waals surface area (Å²) in [7, 11) is 0. The van der Waals surface area contributed by atoms with E-state index in [0.717, 1.165) is 43.6 Å². The Morgan fingerprint density at radius 3 is 2.61 bits per heavy atom. The van der Waals surface area contributed by atoms with E-state index in [9.17, 15) is 0 Å². The van der Waals surface area contributed by atoms with E-state index in [1.165, 1.54) is 44.9 Å². The fourth-order valence-corrected chi connectivity index (χ4v) is 3.17. The lowest BCUT2D eigenvalue weighted by molar-refractivity contribution is 0.120. The van der Waals surface area contributed by atoms with Crippen LogP contribution in [0.5, 0.6) is 0 Å². The number of hydrogen-bond acceptors (Lipinski definition) is 2. The Morgan fingerprint density at radius 1 is 1.06 bits per heavy atom. The van der Waals surface area contributed by atoms with Gasteiger partial charge in [0.15, 0.2) is 0 Å². The molecule has 106 valence electrons. The third-order valence-corrected chi connectivity index (χ3v) is 4.52. The van der Waals surface area contributed by atoms with Crippen LogP contribution in [0.25, 0.3) is 0 Å². The van der Waals surface area contributed by atoms with E-state index in [1.807, 2.05) is 0 Å². The van der Waals surface area contributed by atoms with Gasteiger partial charge >= 0.3 is 0 Å². The van der Waals surface area contributed by atoms with Crippen molar-refractivity contribution >= 4 is 0 Å². The lowest BCUT2D eigenvalue weighted by Crippen LogP contribution is -2.36. The van der Waals surface area contributed by atoms with Gasteiger partial charge in [-0.05, 0) is 49.9 Å². The minimum atomic E-state index is 0.760. The second kappa shape index (κ2) is 7.49. The first-order chi connectivity index (χ1) is 8.75. The summed E-state index contributed by atoms with van der Waals surface area (Å²) in [5, 5.41) is 3.70. The van der Waals surface area contributed by atoms with Gasteiger partial charge < -0.3 is 10.1 Å². The van der Waals surface area contributed by atoms with Crippen molar-refractivity contribution in [2.45, 2.75) is 64.8 Å². The molecule has 0 spiro atoms. The zero-order valence-corrected chi connectivity index (χ0v) is 12.3. The molecule has 2 atom stereocenters. The van der Waals surface area contributed by atoms with Gasteiger partial charge in [-0.25, -0.2) is 0 Å². The molecule has 0 aliphatic heterocycles. The molecular weight excluding hydrogens is 222 g/mol. The molecule has 0 aromatic heterocycles. The molecule has 0 bridgehead atoms. The molecule has 2 heteroatoms. The molecule has 18 heavy (non-hydrogen) atoms. The zero-order chi connectivity index (χ0) is 12.8. The smallest absolute Gasteiger partial charge is 0.0591 e. The van der Waals surface area contributed by atoms with Gasteiger partial charge in [0.05, 0.1) is 6.61 Å². The summed E-state index contributed by atoms with van der Waals surface area (Å²) in [6.45, 7) is 7.36. The summed E-state index contributed by atoms with van der Waals surface area (Å²) in [4.78, 5) is 0. The van der Waals surface area contributed by atoms with Crippen molar-refractivity contribution in [1.82, 2.24) is 5.32 Å². The van der Waals surface area contributed by atoms with E-state index in [0.29, 0.717) is 0 Å². The van der Waals surface area contributed by atoms with E-state index < -0.39 is 0 Å². The molecule has 2 rings (SSSR count). The highest BCUT2D eigenvalue weighted by Crippen LogP contribution is 2.43. The molecule has 0 saturated heterocycles. The van der Waals surface area contributed by atoms with E-state index >= 15 is 0 Å². The van der Waals surface area contributed by atoms with Crippen molar-refractivity contribution in [1.29, 1.82) is 0 Å². The average molecular weight is 253 g/mol. The molecule has 0 heterocycles. The monoisotopic (exact) mass is 253 g/mol. The number of hydrogen-bond donors (Lipinski definition) is 1. The molecule has 0 aromatic rings. The third kappa shape index (κ3) is 5.27. The van der Waals surface area contributed by atoms with Crippen molar-refractivity contribution in [3.05, 3.63) is 0 Å². The van der Waals surface area contributed by atoms with Crippen molar-refractivity contribution in [3.8, 4) is 0 Å². The summed E-state index contributed by atoms with van der Waals surface area (Å²) in [6.07, 6.45) is 9.95. The van der Waals surface area contributed by atoms with Crippen molar-refractivity contribution < 1.29 is 4.74 Å². The largest absolute Gasteiger partial charge is 0.380 e. The van der Waals surface area contributed by atoms with Gasteiger partial charge in [0, 0.05) is 19.2 Å². The normalized spacial score (nSPS) is 28.8. The summed E-state index contributed by atoms with van der Waals surface area (Å²) < 4.78 is 5.66. The molecule has 0 radical (unpaired) electrons. The van der Waals surface area contributed by atoms with Crippen LogP contribution in [0.4, 0.5) is 0 Å². The predicted octanol–water partition coefficient (Wildman–Crippen LogP) is 3.61. The Balaban J connectivity index is 1.48. The van der Waals surface area contributed by atoms with Crippen LogP contribution >= 0.6 is 0 Å². The van der Waals surface area contributed by atoms with Gasteiger partial charge in [0.1, 0.15) is 0 Å². The second-order valence-corrected chi connectivity index (χ2v) is 6.71. The highest BCUT2D eigenvalue weighted by Gasteiger charge is 2.34. The van der Waals surface area contributed by atoms with Crippen LogP contribution in [-0.4, -0.2) is 25.8 Å². The van der Waals surface area contributed by atoms with Gasteiger partial charge in [-0.2, -0.15) is 0 Å². The summed E-state index contributed by atoms with van der Waals surface area (Å²) in [6, 6.07) is 0.776. The van der Waals surface area contributed by atoms with Gasteiger partial charge in [0.25, 0.3) is 0 Å². The number of ether oxygens (including phenoxy) is 1. The SMILES string of the molecule is CC(C)CCOCCNC1CCCC(C2CC2)C1. The topological polar surface area (TPSA) is 21.3 Å². The van der Waals surface area contributed by atoms with Gasteiger partial charge in [0.2, 0.25) is 0 Å². The number of rotatable bonds is 8. The molecule has 0 aromatic carbocycles. The maximum absolute atomic E-state index is 5.66. The van der Waals surface area contributed by atoms with Crippen LogP contribution in [-0.2, 0) is 4.74 Å². The Hall–Kier alpha value is -0.0800. The van der Waals surface area contributed by atoms with E-state index in [-0.39, 0.29) is 0 Å². The van der Waals surface area contributed by atoms with E-state index in [4.69, 9.17) is 4.74 Å². The highest BCUT2D eigenvalue weighted by molar-refractivity contribution is 4.87. The molecule has 2 aliphatic rings. The van der Waals surface area contributed by atoms with Crippen molar-refractivity contribution in [2.24, 2.45) is 17.8 Å². The van der Waals surface area contributed by atoms with E-state index in [2.05, 4.69) is 19.2 Å². The Labute approximate surface area is 113 Å². The predicted molar refractivity (Wildman–Crippen MR) is 76.7 cm³/mol. The second-order valence-electron chi connectivity index (χ2n) is 6.71. The quantitative estimate of drug-likeness (QED) is 0.667. The molecule has 0 amide bonds. The Bertz CT molecular complexity index is 225. The lowest BCUT2D eigenvalue weighted by Gasteiger charge is -2.30. The Kier molecular flexibility index (Phi) is 5.97. The zero-order valence-electron chi connectivity index (χ0n) is 12.3. The van der Waals surface area contributed by atoms with Gasteiger partial charge in [-0.1, -0.05) is 26.7 Å². The van der Waals surface area contributed by atoms with Crippen molar-refractivity contribution in [2.75, 3.05) is 19.8 Å². The van der Waals surface area contributed by atoms with Gasteiger partial charge in [-0.3, -0.25) is 0 Å². The minimum Gasteiger partial charge on any atom is -0.380 e. The van der Waals surface area contributed by atoms with Crippen LogP contribution in [0, 0.1) is 17.8 Å². The molecule has 2 nitrogen and oxygen atoms in total. The minimum absolute atomic E-state index is 0.760. The van der Waals surface area contributed by atoms with Crippen LogP contribution in [0.1, 0.15) is 58.8 Å². The summed E-state index contributed by atoms with van der Waals surface area (Å²) in [5.41, 5.74) is 0. The fraction of sp³-hybridized carbons (Fsp3) is 1.00. The number of nitrogens with one attached hydrogen (secondary N) is 1. The molecule has 2 aliphatic carbocycles. The first kappa shape index (κ1) is 14.3. The van der Waals surface area contributed by atoms with Crippen LogP contribution in [0.2, 0.25) is 0 Å². The first-order valence-corrected chi connectivity index (χ1v) is 8.07. The maximum Gasteiger partial charge on any atom is 0.0591 e. The summed E-state index contributed by atoms with van der Waals surface area (Å²) >= 11 is 0. The maximum atomic E-state index is 5.66. The fourth-order valence-electron chi connectivity index (χ4n) is 3.17. The first-order valence-electron chi connectivity index (χ1n) is 8.07. The molecule has 2 saturated carbocycles. The summed E-state index contributed by atoms with van der Waals surface area (Å²) in [5.74, 6) is 2.89. The molecule has 1 N–H and O–H groups in total. The Morgan fingerprint density at radius 2 is 1.89 bits per heavy atom. The standard InChI is InChI=1S/C16H31NO/c1-13(2)8-10-18-11-9-17-16-5-3-4-15(12-16)14-6-7-14/h13-17H,3-12H2,1-2H3. The molecule has 2 unspecified atom stereocenters.